The summed E-state index contributed by atoms with van der Waals surface area (Å²) in [7, 11) is 0. The van der Waals surface area contributed by atoms with E-state index in [1.54, 1.807) is 12.1 Å². The summed E-state index contributed by atoms with van der Waals surface area (Å²) >= 11 is 0. The largest absolute Gasteiger partial charge is 0.508 e. The van der Waals surface area contributed by atoms with Gasteiger partial charge in [0.05, 0.1) is 0 Å². The van der Waals surface area contributed by atoms with E-state index in [0.717, 1.165) is 11.5 Å². The second kappa shape index (κ2) is 6.29. The fraction of sp³-hybridized carbons (Fsp3) is 0.625. The normalized spacial score (nSPS) is 25.2. The number of phenolic OH excluding ortho intramolecular Hbond substituents is 2. The maximum absolute atomic E-state index is 9.91. The molecule has 1 fully saturated rings. The Labute approximate surface area is 115 Å². The van der Waals surface area contributed by atoms with Crippen LogP contribution in [0.25, 0.3) is 0 Å². The van der Waals surface area contributed by atoms with Gasteiger partial charge in [0.25, 0.3) is 0 Å². The molecule has 3 N–H and O–H groups in total. The molecule has 0 aliphatic heterocycles. The number of benzene rings is 1. The van der Waals surface area contributed by atoms with Crippen molar-refractivity contribution in [3.63, 3.8) is 0 Å². The lowest BCUT2D eigenvalue weighted by Crippen LogP contribution is -2.39. The molecule has 3 heteroatoms. The van der Waals surface area contributed by atoms with Crippen LogP contribution in [0.2, 0.25) is 0 Å². The molecule has 3 unspecified atom stereocenters. The molecule has 19 heavy (non-hydrogen) atoms. The van der Waals surface area contributed by atoms with Gasteiger partial charge in [-0.25, -0.2) is 0 Å². The number of phenols is 2. The SMILES string of the molecule is CCC1CCCCC1NC(C)c1cc(O)ccc1O. The van der Waals surface area contributed by atoms with Crippen LogP contribution in [-0.2, 0) is 0 Å². The lowest BCUT2D eigenvalue weighted by Gasteiger charge is -2.34. The summed E-state index contributed by atoms with van der Waals surface area (Å²) in [5, 5.41) is 23.1. The number of aromatic hydroxyl groups is 2. The number of nitrogens with one attached hydrogen (secondary N) is 1. The molecule has 3 atom stereocenters. The van der Waals surface area contributed by atoms with E-state index >= 15 is 0 Å². The topological polar surface area (TPSA) is 52.5 Å². The second-order valence-corrected chi connectivity index (χ2v) is 5.69. The van der Waals surface area contributed by atoms with Gasteiger partial charge in [-0.3, -0.25) is 0 Å². The highest BCUT2D eigenvalue weighted by Gasteiger charge is 2.25. The van der Waals surface area contributed by atoms with E-state index in [-0.39, 0.29) is 17.5 Å². The smallest absolute Gasteiger partial charge is 0.120 e. The zero-order valence-corrected chi connectivity index (χ0v) is 11.9. The van der Waals surface area contributed by atoms with Crippen molar-refractivity contribution in [2.45, 2.75) is 58.0 Å². The molecule has 1 saturated carbocycles. The van der Waals surface area contributed by atoms with E-state index in [9.17, 15) is 10.2 Å². The fourth-order valence-electron chi connectivity index (χ4n) is 3.22. The van der Waals surface area contributed by atoms with Gasteiger partial charge in [-0.1, -0.05) is 26.2 Å². The maximum atomic E-state index is 9.91. The average molecular weight is 263 g/mol. The Morgan fingerprint density at radius 2 is 2.00 bits per heavy atom. The molecule has 106 valence electrons. The molecular formula is C16H25NO2. The van der Waals surface area contributed by atoms with Crippen LogP contribution < -0.4 is 5.32 Å². The summed E-state index contributed by atoms with van der Waals surface area (Å²) < 4.78 is 0. The van der Waals surface area contributed by atoms with E-state index < -0.39 is 0 Å². The van der Waals surface area contributed by atoms with Gasteiger partial charge in [0.1, 0.15) is 11.5 Å². The zero-order valence-electron chi connectivity index (χ0n) is 11.9. The Morgan fingerprint density at radius 3 is 2.74 bits per heavy atom. The predicted octanol–water partition coefficient (Wildman–Crippen LogP) is 3.72. The number of hydrogen-bond donors (Lipinski definition) is 3. The molecule has 1 aliphatic carbocycles. The maximum Gasteiger partial charge on any atom is 0.120 e. The first kappa shape index (κ1) is 14.2. The van der Waals surface area contributed by atoms with Gasteiger partial charge < -0.3 is 15.5 Å². The van der Waals surface area contributed by atoms with E-state index in [1.165, 1.54) is 38.2 Å². The van der Waals surface area contributed by atoms with Crippen LogP contribution >= 0.6 is 0 Å². The predicted molar refractivity (Wildman–Crippen MR) is 77.4 cm³/mol. The molecule has 1 aliphatic rings. The van der Waals surface area contributed by atoms with Crippen molar-refractivity contribution in [1.82, 2.24) is 5.32 Å². The Morgan fingerprint density at radius 1 is 1.26 bits per heavy atom. The van der Waals surface area contributed by atoms with Crippen molar-refractivity contribution in [3.8, 4) is 11.5 Å². The monoisotopic (exact) mass is 263 g/mol. The fourth-order valence-corrected chi connectivity index (χ4v) is 3.22. The first-order valence-electron chi connectivity index (χ1n) is 7.39. The van der Waals surface area contributed by atoms with Gasteiger partial charge in [0, 0.05) is 17.6 Å². The molecule has 3 nitrogen and oxygen atoms in total. The third-order valence-corrected chi connectivity index (χ3v) is 4.38. The van der Waals surface area contributed by atoms with Gasteiger partial charge in [-0.2, -0.15) is 0 Å². The highest BCUT2D eigenvalue weighted by atomic mass is 16.3. The molecule has 1 aromatic carbocycles. The van der Waals surface area contributed by atoms with Crippen molar-refractivity contribution >= 4 is 0 Å². The third-order valence-electron chi connectivity index (χ3n) is 4.38. The molecule has 2 rings (SSSR count). The van der Waals surface area contributed by atoms with Crippen molar-refractivity contribution in [2.75, 3.05) is 0 Å². The van der Waals surface area contributed by atoms with Crippen LogP contribution in [0.1, 0.15) is 57.6 Å². The van der Waals surface area contributed by atoms with Gasteiger partial charge in [0.2, 0.25) is 0 Å². The van der Waals surface area contributed by atoms with Crippen molar-refractivity contribution < 1.29 is 10.2 Å². The van der Waals surface area contributed by atoms with Crippen molar-refractivity contribution in [3.05, 3.63) is 23.8 Å². The van der Waals surface area contributed by atoms with Crippen LogP contribution in [0.3, 0.4) is 0 Å². The summed E-state index contributed by atoms with van der Waals surface area (Å²) in [5.41, 5.74) is 0.778. The lowest BCUT2D eigenvalue weighted by atomic mass is 9.82. The molecule has 0 saturated heterocycles. The quantitative estimate of drug-likeness (QED) is 0.726. The summed E-state index contributed by atoms with van der Waals surface area (Å²) in [6.45, 7) is 4.30. The lowest BCUT2D eigenvalue weighted by molar-refractivity contribution is 0.239. The summed E-state index contributed by atoms with van der Waals surface area (Å²) in [5.74, 6) is 1.19. The van der Waals surface area contributed by atoms with E-state index in [0.29, 0.717) is 6.04 Å². The first-order chi connectivity index (χ1) is 9.11. The highest BCUT2D eigenvalue weighted by molar-refractivity contribution is 5.40. The Hall–Kier alpha value is -1.22. The van der Waals surface area contributed by atoms with E-state index in [4.69, 9.17) is 0 Å². The van der Waals surface area contributed by atoms with Crippen LogP contribution in [0.5, 0.6) is 11.5 Å². The van der Waals surface area contributed by atoms with E-state index in [1.807, 2.05) is 0 Å². The molecule has 0 spiro atoms. The van der Waals surface area contributed by atoms with Crippen LogP contribution in [0, 0.1) is 5.92 Å². The van der Waals surface area contributed by atoms with Crippen molar-refractivity contribution in [2.24, 2.45) is 5.92 Å². The molecular weight excluding hydrogens is 238 g/mol. The minimum absolute atomic E-state index is 0.0595. The van der Waals surface area contributed by atoms with E-state index in [2.05, 4.69) is 19.2 Å². The molecule has 0 radical (unpaired) electrons. The second-order valence-electron chi connectivity index (χ2n) is 5.69. The Balaban J connectivity index is 2.07. The summed E-state index contributed by atoms with van der Waals surface area (Å²) in [6.07, 6.45) is 6.33. The minimum Gasteiger partial charge on any atom is -0.508 e. The first-order valence-corrected chi connectivity index (χ1v) is 7.39. The van der Waals surface area contributed by atoms with Gasteiger partial charge in [0.15, 0.2) is 0 Å². The van der Waals surface area contributed by atoms with Gasteiger partial charge in [-0.15, -0.1) is 0 Å². The molecule has 0 heterocycles. The number of hydrogen-bond acceptors (Lipinski definition) is 3. The number of rotatable bonds is 4. The van der Waals surface area contributed by atoms with Gasteiger partial charge in [-0.05, 0) is 43.9 Å². The molecule has 1 aromatic rings. The Bertz CT molecular complexity index is 419. The standard InChI is InChI=1S/C16H25NO2/c1-3-12-6-4-5-7-15(12)17-11(2)14-10-13(18)8-9-16(14)19/h8-12,15,17-19H,3-7H2,1-2H3. The molecule has 0 amide bonds. The zero-order chi connectivity index (χ0) is 13.8. The Kier molecular flexibility index (Phi) is 4.70. The van der Waals surface area contributed by atoms with Gasteiger partial charge >= 0.3 is 0 Å². The third kappa shape index (κ3) is 3.41. The minimum atomic E-state index is 0.0595. The highest BCUT2D eigenvalue weighted by Crippen LogP contribution is 2.32. The van der Waals surface area contributed by atoms with Crippen LogP contribution in [0.15, 0.2) is 18.2 Å². The molecule has 0 bridgehead atoms. The summed E-state index contributed by atoms with van der Waals surface area (Å²) in [4.78, 5) is 0. The average Bonchev–Trinajstić information content (AvgIpc) is 2.42. The molecule has 0 aromatic heterocycles. The summed E-state index contributed by atoms with van der Waals surface area (Å²) in [6, 6.07) is 5.30. The van der Waals surface area contributed by atoms with Crippen molar-refractivity contribution in [1.29, 1.82) is 0 Å². The van der Waals surface area contributed by atoms with Crippen LogP contribution in [-0.4, -0.2) is 16.3 Å². The van der Waals surface area contributed by atoms with Crippen LogP contribution in [0.4, 0.5) is 0 Å².